The summed E-state index contributed by atoms with van der Waals surface area (Å²) in [5.74, 6) is 0.374. The number of rotatable bonds is 2. The molecule has 0 heterocycles. The number of halogens is 2. The van der Waals surface area contributed by atoms with Crippen molar-refractivity contribution in [3.8, 4) is 5.75 Å². The van der Waals surface area contributed by atoms with E-state index < -0.39 is 8.60 Å². The van der Waals surface area contributed by atoms with Crippen molar-refractivity contribution in [3.63, 3.8) is 0 Å². The molecule has 1 aromatic carbocycles. The summed E-state index contributed by atoms with van der Waals surface area (Å²) >= 11 is 12.6. The lowest BCUT2D eigenvalue weighted by Gasteiger charge is -2.31. The summed E-state index contributed by atoms with van der Waals surface area (Å²) in [6.07, 6.45) is 0. The van der Waals surface area contributed by atoms with Crippen molar-refractivity contribution in [2.24, 2.45) is 0 Å². The molecule has 20 heavy (non-hydrogen) atoms. The predicted octanol–water partition coefficient (Wildman–Crippen LogP) is 5.18. The highest BCUT2D eigenvalue weighted by atomic mass is 35.5. The highest BCUT2D eigenvalue weighted by Crippen LogP contribution is 2.49. The maximum absolute atomic E-state index is 9.28. The molecule has 0 spiro atoms. The van der Waals surface area contributed by atoms with Crippen LogP contribution in [0.2, 0.25) is 10.0 Å². The number of hydrogen-bond donors (Lipinski definition) is 2. The minimum Gasteiger partial charge on any atom is -0.426 e. The van der Waals surface area contributed by atoms with Gasteiger partial charge in [0.25, 0.3) is 0 Å². The van der Waals surface area contributed by atoms with E-state index in [2.05, 4.69) is 0 Å². The first-order valence-corrected chi connectivity index (χ1v) is 8.16. The van der Waals surface area contributed by atoms with Crippen molar-refractivity contribution >= 4 is 31.8 Å². The van der Waals surface area contributed by atoms with Crippen LogP contribution in [0.4, 0.5) is 0 Å². The van der Waals surface area contributed by atoms with Gasteiger partial charge in [-0.1, -0.05) is 64.7 Å². The second-order valence-electron chi connectivity index (χ2n) is 6.76. The molecule has 0 unspecified atom stereocenters. The van der Waals surface area contributed by atoms with Gasteiger partial charge in [-0.25, -0.2) is 0 Å². The lowest BCUT2D eigenvalue weighted by Crippen LogP contribution is -2.20. The minimum absolute atomic E-state index is 0.317. The summed E-state index contributed by atoms with van der Waals surface area (Å²) < 4.78 is 5.30. The van der Waals surface area contributed by atoms with Crippen LogP contribution in [-0.4, -0.2) is 9.79 Å². The monoisotopic (exact) mass is 338 g/mol. The van der Waals surface area contributed by atoms with E-state index in [1.165, 1.54) is 0 Å². The molecule has 0 aliphatic rings. The quantitative estimate of drug-likeness (QED) is 0.730. The van der Waals surface area contributed by atoms with Crippen LogP contribution in [0.25, 0.3) is 0 Å². The van der Waals surface area contributed by atoms with Crippen molar-refractivity contribution in [2.75, 3.05) is 0 Å². The third-order valence-corrected chi connectivity index (χ3v) is 3.80. The van der Waals surface area contributed by atoms with Gasteiger partial charge in [0.1, 0.15) is 5.75 Å². The summed E-state index contributed by atoms with van der Waals surface area (Å²) in [5.41, 5.74) is 0.818. The van der Waals surface area contributed by atoms with E-state index in [9.17, 15) is 9.79 Å². The maximum Gasteiger partial charge on any atom is 0.391 e. The molecule has 2 N–H and O–H groups in total. The Morgan fingerprint density at radius 3 is 1.50 bits per heavy atom. The van der Waals surface area contributed by atoms with Crippen LogP contribution in [-0.2, 0) is 10.8 Å². The SMILES string of the molecule is CC(C)(C)c1c(Cl)cc(Cl)c(C(C)(C)C)c1OP(O)O. The fourth-order valence-corrected chi connectivity index (χ4v) is 3.53. The lowest BCUT2D eigenvalue weighted by molar-refractivity contribution is 0.364. The van der Waals surface area contributed by atoms with Crippen molar-refractivity contribution in [3.05, 3.63) is 27.2 Å². The minimum atomic E-state index is -2.55. The summed E-state index contributed by atoms with van der Waals surface area (Å²) in [5, 5.41) is 0.921. The van der Waals surface area contributed by atoms with Gasteiger partial charge in [0.2, 0.25) is 0 Å². The van der Waals surface area contributed by atoms with Gasteiger partial charge < -0.3 is 14.3 Å². The van der Waals surface area contributed by atoms with Gasteiger partial charge in [-0.3, -0.25) is 0 Å². The molecule has 3 nitrogen and oxygen atoms in total. The molecule has 0 bridgehead atoms. The molecule has 0 atom stereocenters. The summed E-state index contributed by atoms with van der Waals surface area (Å²) in [7, 11) is -2.55. The summed E-state index contributed by atoms with van der Waals surface area (Å²) in [6.45, 7) is 11.9. The van der Waals surface area contributed by atoms with Crippen molar-refractivity contribution in [2.45, 2.75) is 52.4 Å². The van der Waals surface area contributed by atoms with Gasteiger partial charge in [0.15, 0.2) is 0 Å². The van der Waals surface area contributed by atoms with E-state index >= 15 is 0 Å². The zero-order valence-electron chi connectivity index (χ0n) is 12.6. The first-order valence-electron chi connectivity index (χ1n) is 6.24. The molecule has 0 aliphatic carbocycles. The first-order chi connectivity index (χ1) is 8.85. The normalized spacial score (nSPS) is 12.9. The molecule has 6 heteroatoms. The molecular weight excluding hydrogens is 318 g/mol. The lowest BCUT2D eigenvalue weighted by atomic mass is 9.79. The van der Waals surface area contributed by atoms with E-state index in [0.29, 0.717) is 15.8 Å². The Balaban J connectivity index is 3.76. The van der Waals surface area contributed by atoms with Gasteiger partial charge >= 0.3 is 8.60 Å². The Bertz CT molecular complexity index is 464. The van der Waals surface area contributed by atoms with Gasteiger partial charge in [-0.15, -0.1) is 0 Å². The van der Waals surface area contributed by atoms with E-state index in [0.717, 1.165) is 11.1 Å². The molecular formula is C14H21Cl2O3P. The fraction of sp³-hybridized carbons (Fsp3) is 0.571. The fourth-order valence-electron chi connectivity index (χ4n) is 2.17. The van der Waals surface area contributed by atoms with Crippen LogP contribution in [0.3, 0.4) is 0 Å². The van der Waals surface area contributed by atoms with Crippen LogP contribution in [0.15, 0.2) is 6.07 Å². The molecule has 1 rings (SSSR count). The molecule has 0 radical (unpaired) electrons. The molecule has 0 saturated carbocycles. The average Bonchev–Trinajstić information content (AvgIpc) is 2.09. The van der Waals surface area contributed by atoms with Crippen LogP contribution < -0.4 is 4.52 Å². The van der Waals surface area contributed by atoms with Crippen molar-refractivity contribution in [1.82, 2.24) is 0 Å². The second kappa shape index (κ2) is 5.98. The van der Waals surface area contributed by atoms with Gasteiger partial charge in [-0.2, -0.15) is 0 Å². The Labute approximate surface area is 131 Å². The largest absolute Gasteiger partial charge is 0.426 e. The van der Waals surface area contributed by atoms with Crippen molar-refractivity contribution in [1.29, 1.82) is 0 Å². The van der Waals surface area contributed by atoms with Gasteiger partial charge in [-0.05, 0) is 16.9 Å². The number of hydrogen-bond acceptors (Lipinski definition) is 3. The van der Waals surface area contributed by atoms with Gasteiger partial charge in [0, 0.05) is 21.2 Å². The molecule has 114 valence electrons. The summed E-state index contributed by atoms with van der Waals surface area (Å²) in [6, 6.07) is 1.69. The molecule has 1 aromatic rings. The van der Waals surface area contributed by atoms with E-state index in [-0.39, 0.29) is 10.8 Å². The molecule has 0 amide bonds. The average molecular weight is 339 g/mol. The maximum atomic E-state index is 9.28. The molecule has 0 saturated heterocycles. The predicted molar refractivity (Wildman–Crippen MR) is 85.8 cm³/mol. The van der Waals surface area contributed by atoms with E-state index in [1.54, 1.807) is 6.07 Å². The Hall–Kier alpha value is -0.0500. The first kappa shape index (κ1) is 18.0. The standard InChI is InChI=1S/C14H21Cl2O3P/c1-13(2,3)10-8(15)7-9(16)11(14(4,5)6)12(10)19-20(17)18/h7,17-18H,1-6H3. The summed E-state index contributed by atoms with van der Waals surface area (Å²) in [4.78, 5) is 18.6. The smallest absolute Gasteiger partial charge is 0.391 e. The Morgan fingerprint density at radius 2 is 1.25 bits per heavy atom. The van der Waals surface area contributed by atoms with Crippen LogP contribution in [0, 0.1) is 0 Å². The Morgan fingerprint density at radius 1 is 0.900 bits per heavy atom. The highest BCUT2D eigenvalue weighted by molar-refractivity contribution is 7.39. The number of benzene rings is 1. The van der Waals surface area contributed by atoms with Crippen molar-refractivity contribution < 1.29 is 14.3 Å². The molecule has 0 aromatic heterocycles. The van der Waals surface area contributed by atoms with Crippen LogP contribution in [0.5, 0.6) is 5.75 Å². The second-order valence-corrected chi connectivity index (χ2v) is 8.27. The van der Waals surface area contributed by atoms with Gasteiger partial charge in [0.05, 0.1) is 0 Å². The molecule has 0 aliphatic heterocycles. The van der Waals surface area contributed by atoms with Crippen LogP contribution in [0.1, 0.15) is 52.7 Å². The Kier molecular flexibility index (Phi) is 5.38. The van der Waals surface area contributed by atoms with E-state index in [1.807, 2.05) is 41.5 Å². The highest BCUT2D eigenvalue weighted by Gasteiger charge is 2.32. The topological polar surface area (TPSA) is 49.7 Å². The van der Waals surface area contributed by atoms with E-state index in [4.69, 9.17) is 27.7 Å². The zero-order valence-corrected chi connectivity index (χ0v) is 15.0. The zero-order chi connectivity index (χ0) is 15.9. The third kappa shape index (κ3) is 3.99. The molecule has 0 fully saturated rings. The van der Waals surface area contributed by atoms with Crippen LogP contribution >= 0.6 is 31.8 Å². The third-order valence-electron chi connectivity index (χ3n) is 2.86.